The highest BCUT2D eigenvalue weighted by molar-refractivity contribution is 5.91. The molecule has 0 amide bonds. The second-order valence-corrected chi connectivity index (χ2v) is 4.59. The minimum Gasteiger partial charge on any atom is -0.497 e. The number of aromatic nitrogens is 1. The third-order valence-corrected chi connectivity index (χ3v) is 3.27. The summed E-state index contributed by atoms with van der Waals surface area (Å²) in [6.07, 6.45) is 1.83. The van der Waals surface area contributed by atoms with Gasteiger partial charge in [-0.15, -0.1) is 0 Å². The number of nitrogens with one attached hydrogen (secondary N) is 1. The number of rotatable bonds is 4. The molecular weight excluding hydrogens is 248 g/mol. The molecule has 0 bridgehead atoms. The van der Waals surface area contributed by atoms with Crippen LogP contribution in [0.5, 0.6) is 5.75 Å². The molecule has 0 atom stereocenters. The molecule has 2 aromatic carbocycles. The summed E-state index contributed by atoms with van der Waals surface area (Å²) in [5, 5.41) is 5.72. The Balaban J connectivity index is 1.83. The lowest BCUT2D eigenvalue weighted by atomic mass is 10.1. The van der Waals surface area contributed by atoms with Crippen molar-refractivity contribution in [1.29, 1.82) is 0 Å². The van der Waals surface area contributed by atoms with Crippen molar-refractivity contribution in [2.45, 2.75) is 6.54 Å². The van der Waals surface area contributed by atoms with E-state index in [-0.39, 0.29) is 0 Å². The first kappa shape index (κ1) is 12.5. The van der Waals surface area contributed by atoms with Gasteiger partial charge >= 0.3 is 0 Å². The van der Waals surface area contributed by atoms with E-state index >= 15 is 0 Å². The van der Waals surface area contributed by atoms with Gasteiger partial charge in [0.1, 0.15) is 11.6 Å². The Hall–Kier alpha value is -2.55. The van der Waals surface area contributed by atoms with Gasteiger partial charge in [0.15, 0.2) is 0 Å². The third-order valence-electron chi connectivity index (χ3n) is 3.27. The molecule has 1 N–H and O–H groups in total. The van der Waals surface area contributed by atoms with Crippen LogP contribution in [0.15, 0.2) is 60.8 Å². The molecule has 0 aliphatic heterocycles. The molecule has 100 valence electrons. The standard InChI is InChI=1S/C17H16N2O/c1-20-15-7-4-5-13(11-15)12-19-17-16-8-3-2-6-14(16)9-10-18-17/h2-11H,12H2,1H3,(H,18,19). The van der Waals surface area contributed by atoms with E-state index in [1.54, 1.807) is 7.11 Å². The summed E-state index contributed by atoms with van der Waals surface area (Å²) < 4.78 is 5.23. The van der Waals surface area contributed by atoms with Gasteiger partial charge in [-0.1, -0.05) is 36.4 Å². The fraction of sp³-hybridized carbons (Fsp3) is 0.118. The fourth-order valence-corrected chi connectivity index (χ4v) is 2.23. The van der Waals surface area contributed by atoms with Crippen LogP contribution in [0, 0.1) is 0 Å². The van der Waals surface area contributed by atoms with E-state index in [1.807, 2.05) is 42.6 Å². The molecule has 0 aliphatic carbocycles. The molecule has 0 unspecified atom stereocenters. The SMILES string of the molecule is COc1cccc(CNc2nccc3ccccc23)c1. The first-order valence-electron chi connectivity index (χ1n) is 6.57. The molecule has 0 fully saturated rings. The van der Waals surface area contributed by atoms with Crippen LogP contribution < -0.4 is 10.1 Å². The number of ether oxygens (including phenoxy) is 1. The first-order chi connectivity index (χ1) is 9.86. The van der Waals surface area contributed by atoms with Gasteiger partial charge in [-0.3, -0.25) is 0 Å². The second-order valence-electron chi connectivity index (χ2n) is 4.59. The molecular formula is C17H16N2O. The zero-order chi connectivity index (χ0) is 13.8. The monoisotopic (exact) mass is 264 g/mol. The number of nitrogens with zero attached hydrogens (tertiary/aromatic N) is 1. The minimum atomic E-state index is 0.720. The van der Waals surface area contributed by atoms with Gasteiger partial charge in [0, 0.05) is 18.1 Å². The lowest BCUT2D eigenvalue weighted by Crippen LogP contribution is -2.02. The Morgan fingerprint density at radius 1 is 1.05 bits per heavy atom. The molecule has 0 radical (unpaired) electrons. The first-order valence-corrected chi connectivity index (χ1v) is 6.57. The van der Waals surface area contributed by atoms with Gasteiger partial charge in [-0.05, 0) is 29.1 Å². The number of fused-ring (bicyclic) bond motifs is 1. The van der Waals surface area contributed by atoms with E-state index in [4.69, 9.17) is 4.74 Å². The number of hydrogen-bond acceptors (Lipinski definition) is 3. The number of anilines is 1. The van der Waals surface area contributed by atoms with E-state index in [2.05, 4.69) is 28.5 Å². The Morgan fingerprint density at radius 3 is 2.85 bits per heavy atom. The Labute approximate surface area is 118 Å². The summed E-state index contributed by atoms with van der Waals surface area (Å²) in [6.45, 7) is 0.720. The molecule has 1 heterocycles. The van der Waals surface area contributed by atoms with Crippen LogP contribution >= 0.6 is 0 Å². The number of methoxy groups -OCH3 is 1. The predicted molar refractivity (Wildman–Crippen MR) is 82.1 cm³/mol. The maximum absolute atomic E-state index is 5.23. The van der Waals surface area contributed by atoms with Gasteiger partial charge in [-0.2, -0.15) is 0 Å². The van der Waals surface area contributed by atoms with E-state index in [0.29, 0.717) is 0 Å². The largest absolute Gasteiger partial charge is 0.497 e. The summed E-state index contributed by atoms with van der Waals surface area (Å²) in [5.74, 6) is 1.78. The zero-order valence-corrected chi connectivity index (χ0v) is 11.3. The second kappa shape index (κ2) is 5.61. The van der Waals surface area contributed by atoms with Gasteiger partial charge in [0.05, 0.1) is 7.11 Å². The molecule has 0 aliphatic rings. The molecule has 0 saturated carbocycles. The van der Waals surface area contributed by atoms with E-state index in [0.717, 1.165) is 23.5 Å². The lowest BCUT2D eigenvalue weighted by molar-refractivity contribution is 0.414. The molecule has 3 heteroatoms. The van der Waals surface area contributed by atoms with Crippen LogP contribution in [0.4, 0.5) is 5.82 Å². The molecule has 3 nitrogen and oxygen atoms in total. The molecule has 3 aromatic rings. The van der Waals surface area contributed by atoms with Crippen LogP contribution in [-0.2, 0) is 6.54 Å². The number of pyridine rings is 1. The average Bonchev–Trinajstić information content (AvgIpc) is 2.53. The van der Waals surface area contributed by atoms with Crippen molar-refractivity contribution in [3.63, 3.8) is 0 Å². The van der Waals surface area contributed by atoms with Gasteiger partial charge in [-0.25, -0.2) is 4.98 Å². The molecule has 20 heavy (non-hydrogen) atoms. The normalized spacial score (nSPS) is 10.4. The van der Waals surface area contributed by atoms with E-state index in [9.17, 15) is 0 Å². The highest BCUT2D eigenvalue weighted by Gasteiger charge is 2.02. The van der Waals surface area contributed by atoms with Crippen molar-refractivity contribution >= 4 is 16.6 Å². The molecule has 0 spiro atoms. The number of benzene rings is 2. The lowest BCUT2D eigenvalue weighted by Gasteiger charge is -2.09. The van der Waals surface area contributed by atoms with Crippen molar-refractivity contribution in [3.8, 4) is 5.75 Å². The number of hydrogen-bond donors (Lipinski definition) is 1. The van der Waals surface area contributed by atoms with Crippen molar-refractivity contribution in [2.24, 2.45) is 0 Å². The Morgan fingerprint density at radius 2 is 1.95 bits per heavy atom. The van der Waals surface area contributed by atoms with Gasteiger partial charge in [0.2, 0.25) is 0 Å². The van der Waals surface area contributed by atoms with E-state index < -0.39 is 0 Å². The van der Waals surface area contributed by atoms with Gasteiger partial charge < -0.3 is 10.1 Å². The summed E-state index contributed by atoms with van der Waals surface area (Å²) in [7, 11) is 1.68. The van der Waals surface area contributed by atoms with Crippen LogP contribution in [-0.4, -0.2) is 12.1 Å². The summed E-state index contributed by atoms with van der Waals surface area (Å²) in [4.78, 5) is 4.42. The third kappa shape index (κ3) is 2.57. The highest BCUT2D eigenvalue weighted by atomic mass is 16.5. The van der Waals surface area contributed by atoms with E-state index in [1.165, 1.54) is 10.9 Å². The van der Waals surface area contributed by atoms with Crippen molar-refractivity contribution in [3.05, 3.63) is 66.4 Å². The molecule has 1 aromatic heterocycles. The van der Waals surface area contributed by atoms with Crippen molar-refractivity contribution < 1.29 is 4.74 Å². The minimum absolute atomic E-state index is 0.720. The van der Waals surface area contributed by atoms with Crippen molar-refractivity contribution in [1.82, 2.24) is 4.98 Å². The smallest absolute Gasteiger partial charge is 0.134 e. The zero-order valence-electron chi connectivity index (χ0n) is 11.3. The van der Waals surface area contributed by atoms with Crippen LogP contribution in [0.1, 0.15) is 5.56 Å². The maximum atomic E-state index is 5.23. The fourth-order valence-electron chi connectivity index (χ4n) is 2.23. The van der Waals surface area contributed by atoms with Crippen LogP contribution in [0.25, 0.3) is 10.8 Å². The van der Waals surface area contributed by atoms with Gasteiger partial charge in [0.25, 0.3) is 0 Å². The summed E-state index contributed by atoms with van der Waals surface area (Å²) >= 11 is 0. The quantitative estimate of drug-likeness (QED) is 0.777. The topological polar surface area (TPSA) is 34.1 Å². The predicted octanol–water partition coefficient (Wildman–Crippen LogP) is 3.86. The molecule has 3 rings (SSSR count). The molecule has 0 saturated heterocycles. The maximum Gasteiger partial charge on any atom is 0.134 e. The van der Waals surface area contributed by atoms with Crippen LogP contribution in [0.3, 0.4) is 0 Å². The highest BCUT2D eigenvalue weighted by Crippen LogP contribution is 2.21. The summed E-state index contributed by atoms with van der Waals surface area (Å²) in [6, 6.07) is 18.3. The Kier molecular flexibility index (Phi) is 3.50. The van der Waals surface area contributed by atoms with Crippen molar-refractivity contribution in [2.75, 3.05) is 12.4 Å². The Bertz CT molecular complexity index is 720. The summed E-state index contributed by atoms with van der Waals surface area (Å²) in [5.41, 5.74) is 1.17. The van der Waals surface area contributed by atoms with Crippen LogP contribution in [0.2, 0.25) is 0 Å². The average molecular weight is 264 g/mol.